The van der Waals surface area contributed by atoms with Gasteiger partial charge in [-0.05, 0) is 42.7 Å². The number of anilines is 3. The number of hydrogen-bond acceptors (Lipinski definition) is 4. The highest BCUT2D eigenvalue weighted by molar-refractivity contribution is 7.98. The van der Waals surface area contributed by atoms with E-state index in [1.165, 1.54) is 4.90 Å². The van der Waals surface area contributed by atoms with E-state index in [2.05, 4.69) is 40.8 Å². The molecule has 0 aliphatic rings. The number of nitrogens with one attached hydrogen (secondary N) is 1. The van der Waals surface area contributed by atoms with E-state index in [0.29, 0.717) is 0 Å². The molecular formula is C16H15N3S. The lowest BCUT2D eigenvalue weighted by Gasteiger charge is -2.12. The molecule has 3 aromatic rings. The number of nitrogens with zero attached hydrogens (tertiary/aromatic N) is 1. The summed E-state index contributed by atoms with van der Waals surface area (Å²) in [6.45, 7) is 0. The smallest absolute Gasteiger partial charge is 0.0634 e. The van der Waals surface area contributed by atoms with E-state index in [1.807, 2.05) is 24.4 Å². The number of nitrogen functional groups attached to an aromatic ring is 1. The molecule has 0 saturated heterocycles. The van der Waals surface area contributed by atoms with Crippen LogP contribution in [0.2, 0.25) is 0 Å². The quantitative estimate of drug-likeness (QED) is 0.555. The molecule has 0 atom stereocenters. The molecule has 1 aromatic heterocycles. The first-order chi connectivity index (χ1) is 9.78. The van der Waals surface area contributed by atoms with Gasteiger partial charge >= 0.3 is 0 Å². The van der Waals surface area contributed by atoms with Crippen LogP contribution in [0.25, 0.3) is 10.8 Å². The molecule has 0 radical (unpaired) electrons. The summed E-state index contributed by atoms with van der Waals surface area (Å²) < 4.78 is 0. The molecule has 2 aromatic carbocycles. The van der Waals surface area contributed by atoms with Crippen molar-refractivity contribution in [3.8, 4) is 0 Å². The molecule has 100 valence electrons. The van der Waals surface area contributed by atoms with Gasteiger partial charge in [0.25, 0.3) is 0 Å². The maximum Gasteiger partial charge on any atom is 0.0634 e. The van der Waals surface area contributed by atoms with Gasteiger partial charge in [0.05, 0.1) is 11.4 Å². The lowest BCUT2D eigenvalue weighted by atomic mass is 10.1. The van der Waals surface area contributed by atoms with Gasteiger partial charge in [-0.3, -0.25) is 4.98 Å². The van der Waals surface area contributed by atoms with Crippen LogP contribution in [-0.2, 0) is 0 Å². The van der Waals surface area contributed by atoms with Crippen molar-refractivity contribution in [1.29, 1.82) is 0 Å². The molecule has 0 fully saturated rings. The van der Waals surface area contributed by atoms with E-state index in [1.54, 1.807) is 18.0 Å². The summed E-state index contributed by atoms with van der Waals surface area (Å²) in [5, 5.41) is 5.43. The molecule has 0 bridgehead atoms. The van der Waals surface area contributed by atoms with E-state index in [9.17, 15) is 0 Å². The molecule has 1 heterocycles. The van der Waals surface area contributed by atoms with E-state index in [-0.39, 0.29) is 0 Å². The molecule has 0 unspecified atom stereocenters. The highest BCUT2D eigenvalue weighted by Crippen LogP contribution is 2.30. The number of hydrogen-bond donors (Lipinski definition) is 2. The predicted molar refractivity (Wildman–Crippen MR) is 87.7 cm³/mol. The topological polar surface area (TPSA) is 50.9 Å². The van der Waals surface area contributed by atoms with Gasteiger partial charge in [0.1, 0.15) is 0 Å². The molecule has 4 heteroatoms. The van der Waals surface area contributed by atoms with Crippen molar-refractivity contribution < 1.29 is 0 Å². The van der Waals surface area contributed by atoms with Crippen molar-refractivity contribution in [3.63, 3.8) is 0 Å². The van der Waals surface area contributed by atoms with Crippen molar-refractivity contribution in [2.24, 2.45) is 0 Å². The number of aromatic nitrogens is 1. The van der Waals surface area contributed by atoms with Gasteiger partial charge in [-0.15, -0.1) is 11.8 Å². The Balaban J connectivity index is 1.95. The van der Waals surface area contributed by atoms with Gasteiger partial charge in [0, 0.05) is 33.7 Å². The molecule has 3 N–H and O–H groups in total. The average molecular weight is 281 g/mol. The van der Waals surface area contributed by atoms with Crippen molar-refractivity contribution in [3.05, 3.63) is 54.9 Å². The Morgan fingerprint density at radius 3 is 2.60 bits per heavy atom. The third kappa shape index (κ3) is 2.42. The second-order valence-electron chi connectivity index (χ2n) is 4.48. The Morgan fingerprint density at radius 2 is 1.85 bits per heavy atom. The lowest BCUT2D eigenvalue weighted by molar-refractivity contribution is 1.36. The second kappa shape index (κ2) is 5.43. The van der Waals surface area contributed by atoms with E-state index < -0.39 is 0 Å². The highest BCUT2D eigenvalue weighted by atomic mass is 32.2. The van der Waals surface area contributed by atoms with Gasteiger partial charge in [-0.1, -0.05) is 6.07 Å². The predicted octanol–water partition coefficient (Wildman–Crippen LogP) is 4.28. The Bertz CT molecular complexity index is 738. The first-order valence-electron chi connectivity index (χ1n) is 6.31. The first kappa shape index (κ1) is 12.8. The summed E-state index contributed by atoms with van der Waals surface area (Å²) in [5.41, 5.74) is 8.93. The molecule has 20 heavy (non-hydrogen) atoms. The summed E-state index contributed by atoms with van der Waals surface area (Å²) >= 11 is 1.73. The molecule has 0 aliphatic heterocycles. The van der Waals surface area contributed by atoms with Crippen LogP contribution in [0.1, 0.15) is 0 Å². The standard InChI is InChI=1S/C16H15N3S/c1-20-13-5-3-12(4-6-13)19-15-7-2-11-10-18-9-8-14(11)16(15)17/h2-10,19H,17H2,1H3. The second-order valence-corrected chi connectivity index (χ2v) is 5.36. The molecule has 3 nitrogen and oxygen atoms in total. The van der Waals surface area contributed by atoms with Gasteiger partial charge in [0.2, 0.25) is 0 Å². The Labute approximate surface area is 122 Å². The minimum Gasteiger partial charge on any atom is -0.397 e. The third-order valence-electron chi connectivity index (χ3n) is 3.23. The van der Waals surface area contributed by atoms with E-state index in [4.69, 9.17) is 5.73 Å². The zero-order valence-electron chi connectivity index (χ0n) is 11.1. The van der Waals surface area contributed by atoms with Crippen LogP contribution >= 0.6 is 11.8 Å². The SMILES string of the molecule is CSc1ccc(Nc2ccc3cnccc3c2N)cc1. The highest BCUT2D eigenvalue weighted by Gasteiger charge is 2.04. The Hall–Kier alpha value is -2.20. The Morgan fingerprint density at radius 1 is 1.05 bits per heavy atom. The summed E-state index contributed by atoms with van der Waals surface area (Å²) in [5.74, 6) is 0. The number of fused-ring (bicyclic) bond motifs is 1. The fourth-order valence-corrected chi connectivity index (χ4v) is 2.54. The minimum absolute atomic E-state index is 0.749. The maximum atomic E-state index is 6.23. The van der Waals surface area contributed by atoms with Crippen molar-refractivity contribution in [2.75, 3.05) is 17.3 Å². The number of benzene rings is 2. The van der Waals surface area contributed by atoms with E-state index in [0.717, 1.165) is 27.8 Å². The van der Waals surface area contributed by atoms with Crippen LogP contribution in [0.15, 0.2) is 59.8 Å². The third-order valence-corrected chi connectivity index (χ3v) is 3.97. The van der Waals surface area contributed by atoms with Crippen LogP contribution in [0.3, 0.4) is 0 Å². The summed E-state index contributed by atoms with van der Waals surface area (Å²) in [4.78, 5) is 5.35. The van der Waals surface area contributed by atoms with Crippen molar-refractivity contribution in [1.82, 2.24) is 4.98 Å². The molecule has 0 saturated carbocycles. The van der Waals surface area contributed by atoms with Crippen molar-refractivity contribution >= 4 is 39.6 Å². The molecule has 0 amide bonds. The zero-order valence-corrected chi connectivity index (χ0v) is 11.9. The monoisotopic (exact) mass is 281 g/mol. The van der Waals surface area contributed by atoms with Crippen molar-refractivity contribution in [2.45, 2.75) is 4.90 Å². The van der Waals surface area contributed by atoms with Gasteiger partial charge in [0.15, 0.2) is 0 Å². The van der Waals surface area contributed by atoms with Crippen LogP contribution in [0.4, 0.5) is 17.1 Å². The fourth-order valence-electron chi connectivity index (χ4n) is 2.13. The number of rotatable bonds is 3. The van der Waals surface area contributed by atoms with Crippen LogP contribution in [0, 0.1) is 0 Å². The molecule has 3 rings (SSSR count). The summed E-state index contributed by atoms with van der Waals surface area (Å²) in [6.07, 6.45) is 5.65. The number of nitrogens with two attached hydrogens (primary N) is 1. The lowest BCUT2D eigenvalue weighted by Crippen LogP contribution is -1.97. The van der Waals surface area contributed by atoms with Gasteiger partial charge in [-0.25, -0.2) is 0 Å². The normalized spacial score (nSPS) is 10.7. The number of pyridine rings is 1. The maximum absolute atomic E-state index is 6.23. The molecule has 0 aliphatic carbocycles. The molecular weight excluding hydrogens is 266 g/mol. The number of thioether (sulfide) groups is 1. The van der Waals surface area contributed by atoms with Crippen LogP contribution < -0.4 is 11.1 Å². The van der Waals surface area contributed by atoms with Gasteiger partial charge < -0.3 is 11.1 Å². The van der Waals surface area contributed by atoms with Crippen LogP contribution in [-0.4, -0.2) is 11.2 Å². The Kier molecular flexibility index (Phi) is 3.48. The summed E-state index contributed by atoms with van der Waals surface area (Å²) in [6, 6.07) is 14.2. The van der Waals surface area contributed by atoms with E-state index >= 15 is 0 Å². The van der Waals surface area contributed by atoms with Crippen LogP contribution in [0.5, 0.6) is 0 Å². The molecule has 0 spiro atoms. The largest absolute Gasteiger partial charge is 0.397 e. The summed E-state index contributed by atoms with van der Waals surface area (Å²) in [7, 11) is 0. The first-order valence-corrected chi connectivity index (χ1v) is 7.53. The minimum atomic E-state index is 0.749. The van der Waals surface area contributed by atoms with Gasteiger partial charge in [-0.2, -0.15) is 0 Å². The fraction of sp³-hybridized carbons (Fsp3) is 0.0625. The average Bonchev–Trinajstić information content (AvgIpc) is 2.51. The zero-order chi connectivity index (χ0) is 13.9.